The van der Waals surface area contributed by atoms with E-state index in [2.05, 4.69) is 10.3 Å². The Morgan fingerprint density at radius 3 is 2.10 bits per heavy atom. The van der Waals surface area contributed by atoms with Gasteiger partial charge in [0.2, 0.25) is 0 Å². The third-order valence-electron chi connectivity index (χ3n) is 2.36. The summed E-state index contributed by atoms with van der Waals surface area (Å²) in [6.45, 7) is -0.347. The van der Waals surface area contributed by atoms with Crippen molar-refractivity contribution in [3.63, 3.8) is 0 Å². The molecule has 2 aromatic carbocycles. The summed E-state index contributed by atoms with van der Waals surface area (Å²) in [4.78, 5) is 10.7. The Labute approximate surface area is 139 Å². The van der Waals surface area contributed by atoms with Gasteiger partial charge in [0.05, 0.1) is 23.9 Å². The molecule has 0 unspecified atom stereocenters. The van der Waals surface area contributed by atoms with Crippen LogP contribution >= 0.6 is 0 Å². The number of hydrogen-bond donors (Lipinski definition) is 0. The molecule has 0 aliphatic carbocycles. The Morgan fingerprint density at radius 1 is 1.00 bits per heavy atom. The van der Waals surface area contributed by atoms with E-state index in [1.165, 1.54) is 5.01 Å². The third-order valence-corrected chi connectivity index (χ3v) is 2.36. The molecule has 0 fully saturated rings. The van der Waals surface area contributed by atoms with Gasteiger partial charge >= 0.3 is 29.6 Å². The van der Waals surface area contributed by atoms with E-state index in [0.717, 1.165) is 0 Å². The summed E-state index contributed by atoms with van der Waals surface area (Å²) in [7, 11) is 0. The monoisotopic (exact) mass is 277 g/mol. The minimum Gasteiger partial charge on any atom is -0.548 e. The maximum atomic E-state index is 10.7. The predicted molar refractivity (Wildman–Crippen MR) is 69.8 cm³/mol. The second-order valence-corrected chi connectivity index (χ2v) is 3.79. The first-order chi connectivity index (χ1) is 9.25. The number of carbonyl (C=O) groups excluding carboxylic acids is 1. The first-order valence-electron chi connectivity index (χ1n) is 5.75. The third kappa shape index (κ3) is 5.13. The zero-order valence-electron chi connectivity index (χ0n) is 11.1. The SMILES string of the molecule is O=C([O-])CN(N=Nc1ccccc1)c1ccccc1.[Na+]. The van der Waals surface area contributed by atoms with Crippen LogP contribution < -0.4 is 39.7 Å². The molecule has 2 rings (SSSR count). The molecular formula is C14H12N3NaO2. The quantitative estimate of drug-likeness (QED) is 0.398. The Morgan fingerprint density at radius 2 is 1.55 bits per heavy atom. The molecule has 0 bridgehead atoms. The molecule has 0 radical (unpaired) electrons. The Hall–Kier alpha value is -1.69. The first kappa shape index (κ1) is 16.4. The summed E-state index contributed by atoms with van der Waals surface area (Å²) in [6.07, 6.45) is 0. The molecule has 5 nitrogen and oxygen atoms in total. The number of nitrogens with zero attached hydrogens (tertiary/aromatic N) is 3. The van der Waals surface area contributed by atoms with Crippen LogP contribution in [0.15, 0.2) is 71.0 Å². The molecule has 20 heavy (non-hydrogen) atoms. The zero-order chi connectivity index (χ0) is 13.5. The number of carbonyl (C=O) groups is 1. The van der Waals surface area contributed by atoms with Crippen LogP contribution in [-0.2, 0) is 4.79 Å². The van der Waals surface area contributed by atoms with Crippen molar-refractivity contribution in [3.8, 4) is 0 Å². The van der Waals surface area contributed by atoms with E-state index in [9.17, 15) is 9.90 Å². The van der Waals surface area contributed by atoms with Crippen molar-refractivity contribution in [1.29, 1.82) is 0 Å². The molecule has 0 aliphatic rings. The minimum absolute atomic E-state index is 0. The fourth-order valence-corrected chi connectivity index (χ4v) is 1.50. The maximum absolute atomic E-state index is 10.7. The Balaban J connectivity index is 0.00000200. The van der Waals surface area contributed by atoms with Gasteiger partial charge in [0.25, 0.3) is 0 Å². The van der Waals surface area contributed by atoms with Gasteiger partial charge in [0.15, 0.2) is 0 Å². The zero-order valence-corrected chi connectivity index (χ0v) is 13.1. The molecule has 0 N–H and O–H groups in total. The molecule has 0 saturated carbocycles. The van der Waals surface area contributed by atoms with E-state index < -0.39 is 5.97 Å². The minimum atomic E-state index is -1.21. The van der Waals surface area contributed by atoms with E-state index >= 15 is 0 Å². The summed E-state index contributed by atoms with van der Waals surface area (Å²) < 4.78 is 0. The molecular weight excluding hydrogens is 265 g/mol. The molecule has 96 valence electrons. The molecule has 0 saturated heterocycles. The van der Waals surface area contributed by atoms with E-state index in [4.69, 9.17) is 0 Å². The van der Waals surface area contributed by atoms with Crippen molar-refractivity contribution in [3.05, 3.63) is 60.7 Å². The van der Waals surface area contributed by atoms with Gasteiger partial charge < -0.3 is 9.90 Å². The van der Waals surface area contributed by atoms with Crippen molar-refractivity contribution < 1.29 is 39.5 Å². The summed E-state index contributed by atoms with van der Waals surface area (Å²) in [5, 5.41) is 20.0. The van der Waals surface area contributed by atoms with Gasteiger partial charge in [-0.15, -0.1) is 5.11 Å². The van der Waals surface area contributed by atoms with E-state index in [0.29, 0.717) is 11.4 Å². The van der Waals surface area contributed by atoms with Crippen LogP contribution in [-0.4, -0.2) is 12.5 Å². The number of carboxylic acid groups (broad SMARTS) is 1. The Kier molecular flexibility index (Phi) is 6.93. The summed E-state index contributed by atoms with van der Waals surface area (Å²) >= 11 is 0. The fourth-order valence-electron chi connectivity index (χ4n) is 1.50. The number of aliphatic carboxylic acids is 1. The molecule has 6 heteroatoms. The topological polar surface area (TPSA) is 68.1 Å². The van der Waals surface area contributed by atoms with Crippen molar-refractivity contribution >= 4 is 17.3 Å². The summed E-state index contributed by atoms with van der Waals surface area (Å²) in [5.41, 5.74) is 1.30. The van der Waals surface area contributed by atoms with Crippen molar-refractivity contribution in [2.75, 3.05) is 11.6 Å². The number of anilines is 1. The average molecular weight is 277 g/mol. The van der Waals surface area contributed by atoms with Crippen LogP contribution in [0.25, 0.3) is 0 Å². The summed E-state index contributed by atoms with van der Waals surface area (Å²) in [6, 6.07) is 18.1. The normalized spacial score (nSPS) is 10.0. The van der Waals surface area contributed by atoms with Crippen LogP contribution in [0.3, 0.4) is 0 Å². The van der Waals surface area contributed by atoms with E-state index in [1.54, 1.807) is 36.4 Å². The number of benzene rings is 2. The van der Waals surface area contributed by atoms with Crippen molar-refractivity contribution in [1.82, 2.24) is 0 Å². The van der Waals surface area contributed by atoms with Gasteiger partial charge in [-0.25, -0.2) is 5.01 Å². The predicted octanol–water partition coefficient (Wildman–Crippen LogP) is -1.05. The molecule has 0 aromatic heterocycles. The van der Waals surface area contributed by atoms with Crippen LogP contribution in [0, 0.1) is 0 Å². The van der Waals surface area contributed by atoms with Crippen LogP contribution in [0.5, 0.6) is 0 Å². The smallest absolute Gasteiger partial charge is 0.548 e. The van der Waals surface area contributed by atoms with Gasteiger partial charge in [0.1, 0.15) is 0 Å². The van der Waals surface area contributed by atoms with Gasteiger partial charge in [-0.2, -0.15) is 0 Å². The number of rotatable bonds is 5. The molecule has 0 atom stereocenters. The molecule has 2 aromatic rings. The van der Waals surface area contributed by atoms with Crippen LogP contribution in [0.1, 0.15) is 0 Å². The number of para-hydroxylation sites is 1. The summed E-state index contributed by atoms with van der Waals surface area (Å²) in [5.74, 6) is -1.21. The van der Waals surface area contributed by atoms with Crippen molar-refractivity contribution in [2.45, 2.75) is 0 Å². The fraction of sp³-hybridized carbons (Fsp3) is 0.0714. The van der Waals surface area contributed by atoms with Gasteiger partial charge in [-0.3, -0.25) is 0 Å². The number of carboxylic acids is 1. The Bertz CT molecular complexity index is 561. The second-order valence-electron chi connectivity index (χ2n) is 3.79. The van der Waals surface area contributed by atoms with E-state index in [-0.39, 0.29) is 36.1 Å². The molecule has 0 amide bonds. The van der Waals surface area contributed by atoms with Crippen LogP contribution in [0.2, 0.25) is 0 Å². The average Bonchev–Trinajstić information content (AvgIpc) is 2.45. The van der Waals surface area contributed by atoms with Gasteiger partial charge in [0, 0.05) is 0 Å². The largest absolute Gasteiger partial charge is 1.00 e. The molecule has 0 spiro atoms. The molecule has 0 heterocycles. The first-order valence-corrected chi connectivity index (χ1v) is 5.75. The van der Waals surface area contributed by atoms with E-state index in [1.807, 2.05) is 24.3 Å². The number of hydrogen-bond acceptors (Lipinski definition) is 4. The van der Waals surface area contributed by atoms with Crippen LogP contribution in [0.4, 0.5) is 11.4 Å². The standard InChI is InChI=1S/C14H13N3O2.Na/c18-14(19)11-17(13-9-5-2-6-10-13)16-15-12-7-3-1-4-8-12;/h1-10H,11H2,(H,18,19);/q;+1/p-1. The van der Waals surface area contributed by atoms with Crippen molar-refractivity contribution in [2.24, 2.45) is 10.3 Å². The maximum Gasteiger partial charge on any atom is 1.00 e. The molecule has 0 aliphatic heterocycles. The van der Waals surface area contributed by atoms with Gasteiger partial charge in [-0.05, 0) is 24.3 Å². The van der Waals surface area contributed by atoms with Gasteiger partial charge in [-0.1, -0.05) is 41.6 Å². The second kappa shape index (κ2) is 8.47.